The maximum absolute atomic E-state index is 12.7. The fraction of sp³-hybridized carbons (Fsp3) is 0.650. The van der Waals surface area contributed by atoms with Gasteiger partial charge >= 0.3 is 0 Å². The number of aliphatic hydroxyl groups excluding tert-OH is 1. The van der Waals surface area contributed by atoms with Crippen LogP contribution in [0.2, 0.25) is 0 Å². The normalized spacial score (nSPS) is 26.7. The molecule has 0 aliphatic carbocycles. The van der Waals surface area contributed by atoms with Crippen LogP contribution < -0.4 is 4.74 Å². The summed E-state index contributed by atoms with van der Waals surface area (Å²) in [6.07, 6.45) is 2.62. The van der Waals surface area contributed by atoms with E-state index in [0.717, 1.165) is 30.7 Å². The zero-order valence-corrected chi connectivity index (χ0v) is 15.2. The van der Waals surface area contributed by atoms with Gasteiger partial charge in [-0.05, 0) is 50.3 Å². The molecule has 0 spiro atoms. The van der Waals surface area contributed by atoms with Crippen LogP contribution in [-0.4, -0.2) is 54.4 Å². The van der Waals surface area contributed by atoms with Crippen LogP contribution >= 0.6 is 0 Å². The number of likely N-dealkylation sites (tertiary alicyclic amines) is 1. The van der Waals surface area contributed by atoms with E-state index in [2.05, 4.69) is 13.0 Å². The Balaban J connectivity index is 1.54. The number of ether oxygens (including phenoxy) is 2. The van der Waals surface area contributed by atoms with Crippen molar-refractivity contribution in [3.63, 3.8) is 0 Å². The lowest BCUT2D eigenvalue weighted by Gasteiger charge is -2.37. The van der Waals surface area contributed by atoms with Crippen molar-refractivity contribution in [2.75, 3.05) is 26.4 Å². The second kappa shape index (κ2) is 8.19. The number of aryl methyl sites for hydroxylation is 1. The van der Waals surface area contributed by atoms with E-state index in [1.165, 1.54) is 5.56 Å². The molecule has 5 heteroatoms. The third-order valence-corrected chi connectivity index (χ3v) is 5.60. The molecule has 2 saturated heterocycles. The van der Waals surface area contributed by atoms with Crippen LogP contribution in [0.25, 0.3) is 0 Å². The summed E-state index contributed by atoms with van der Waals surface area (Å²) in [5, 5.41) is 10.3. The van der Waals surface area contributed by atoms with E-state index >= 15 is 0 Å². The van der Waals surface area contributed by atoms with Gasteiger partial charge in [0.2, 0.25) is 5.91 Å². The summed E-state index contributed by atoms with van der Waals surface area (Å²) >= 11 is 0. The van der Waals surface area contributed by atoms with Gasteiger partial charge in [0.15, 0.2) is 0 Å². The Hall–Kier alpha value is -1.59. The zero-order valence-electron chi connectivity index (χ0n) is 15.2. The minimum atomic E-state index is -0.363. The van der Waals surface area contributed by atoms with Crippen molar-refractivity contribution in [2.24, 2.45) is 5.92 Å². The van der Waals surface area contributed by atoms with Gasteiger partial charge in [-0.3, -0.25) is 4.79 Å². The van der Waals surface area contributed by atoms with Gasteiger partial charge in [-0.1, -0.05) is 12.1 Å². The van der Waals surface area contributed by atoms with Gasteiger partial charge in [0, 0.05) is 25.1 Å². The third-order valence-electron chi connectivity index (χ3n) is 5.60. The van der Waals surface area contributed by atoms with Crippen LogP contribution in [0.3, 0.4) is 0 Å². The van der Waals surface area contributed by atoms with E-state index in [0.29, 0.717) is 32.7 Å². The summed E-state index contributed by atoms with van der Waals surface area (Å²) in [6.45, 7) is 6.41. The maximum atomic E-state index is 12.7. The molecule has 1 N–H and O–H groups in total. The molecule has 5 nitrogen and oxygen atoms in total. The highest BCUT2D eigenvalue weighted by Gasteiger charge is 2.39. The van der Waals surface area contributed by atoms with Crippen LogP contribution in [0.15, 0.2) is 18.2 Å². The van der Waals surface area contributed by atoms with E-state index in [1.54, 1.807) is 0 Å². The number of hydrogen-bond acceptors (Lipinski definition) is 4. The van der Waals surface area contributed by atoms with E-state index in [9.17, 15) is 9.90 Å². The zero-order chi connectivity index (χ0) is 17.8. The number of nitrogens with zero attached hydrogens (tertiary/aromatic N) is 1. The Kier molecular flexibility index (Phi) is 5.97. The van der Waals surface area contributed by atoms with Crippen LogP contribution in [0.1, 0.15) is 36.8 Å². The largest absolute Gasteiger partial charge is 0.493 e. The summed E-state index contributed by atoms with van der Waals surface area (Å²) in [5.41, 5.74) is 2.31. The smallest absolute Gasteiger partial charge is 0.226 e. The lowest BCUT2D eigenvalue weighted by atomic mass is 9.89. The number of rotatable bonds is 5. The van der Waals surface area contributed by atoms with E-state index in [4.69, 9.17) is 9.47 Å². The minimum Gasteiger partial charge on any atom is -0.493 e. The molecule has 1 aromatic carbocycles. The molecule has 1 aromatic rings. The fourth-order valence-corrected chi connectivity index (χ4v) is 3.94. The van der Waals surface area contributed by atoms with Gasteiger partial charge in [-0.15, -0.1) is 0 Å². The Labute approximate surface area is 149 Å². The van der Waals surface area contributed by atoms with Gasteiger partial charge in [0.25, 0.3) is 0 Å². The number of hydrogen-bond donors (Lipinski definition) is 1. The number of carbonyl (C=O) groups excluding carboxylic acids is 1. The van der Waals surface area contributed by atoms with E-state index in [1.807, 2.05) is 24.0 Å². The second-order valence-electron chi connectivity index (χ2n) is 7.19. The monoisotopic (exact) mass is 347 g/mol. The van der Waals surface area contributed by atoms with Gasteiger partial charge < -0.3 is 19.5 Å². The first-order chi connectivity index (χ1) is 12.1. The van der Waals surface area contributed by atoms with Crippen LogP contribution in [0.5, 0.6) is 5.75 Å². The highest BCUT2D eigenvalue weighted by Crippen LogP contribution is 2.30. The summed E-state index contributed by atoms with van der Waals surface area (Å²) in [5.74, 6) is 1.01. The topological polar surface area (TPSA) is 59.0 Å². The molecule has 2 fully saturated rings. The molecule has 0 radical (unpaired) electrons. The fourth-order valence-electron chi connectivity index (χ4n) is 3.94. The maximum Gasteiger partial charge on any atom is 0.226 e. The highest BCUT2D eigenvalue weighted by molar-refractivity contribution is 5.77. The lowest BCUT2D eigenvalue weighted by molar-refractivity contribution is -0.136. The van der Waals surface area contributed by atoms with Gasteiger partial charge in [-0.25, -0.2) is 0 Å². The molecular formula is C20H29NO4. The Morgan fingerprint density at radius 3 is 3.00 bits per heavy atom. The molecular weight excluding hydrogens is 318 g/mol. The Bertz CT molecular complexity index is 603. The average molecular weight is 347 g/mol. The molecule has 3 atom stereocenters. The molecule has 3 unspecified atom stereocenters. The van der Waals surface area contributed by atoms with E-state index in [-0.39, 0.29) is 24.0 Å². The predicted molar refractivity (Wildman–Crippen MR) is 95.7 cm³/mol. The van der Waals surface area contributed by atoms with Crippen molar-refractivity contribution in [3.8, 4) is 5.75 Å². The second-order valence-corrected chi connectivity index (χ2v) is 7.19. The SMILES string of the molecule is Cc1cccc(OCCC(=O)N2CCCC2C2COCCC2O)c1C. The van der Waals surface area contributed by atoms with Crippen molar-refractivity contribution in [1.29, 1.82) is 0 Å². The van der Waals surface area contributed by atoms with Gasteiger partial charge in [-0.2, -0.15) is 0 Å². The number of amides is 1. The minimum absolute atomic E-state index is 0.0418. The molecule has 25 heavy (non-hydrogen) atoms. The van der Waals surface area contributed by atoms with Crippen LogP contribution in [-0.2, 0) is 9.53 Å². The van der Waals surface area contributed by atoms with E-state index < -0.39 is 0 Å². The summed E-state index contributed by atoms with van der Waals surface area (Å²) in [4.78, 5) is 14.6. The van der Waals surface area contributed by atoms with Crippen molar-refractivity contribution in [3.05, 3.63) is 29.3 Å². The molecule has 1 amide bonds. The summed E-state index contributed by atoms with van der Waals surface area (Å²) < 4.78 is 11.4. The first-order valence-corrected chi connectivity index (χ1v) is 9.32. The quantitative estimate of drug-likeness (QED) is 0.889. The first kappa shape index (κ1) is 18.2. The molecule has 2 aliphatic rings. The predicted octanol–water partition coefficient (Wildman–Crippen LogP) is 2.46. The summed E-state index contributed by atoms with van der Waals surface area (Å²) in [7, 11) is 0. The average Bonchev–Trinajstić information content (AvgIpc) is 3.08. The van der Waals surface area contributed by atoms with Crippen molar-refractivity contribution < 1.29 is 19.4 Å². The van der Waals surface area contributed by atoms with Crippen LogP contribution in [0.4, 0.5) is 0 Å². The van der Waals surface area contributed by atoms with Crippen molar-refractivity contribution in [2.45, 2.75) is 51.7 Å². The molecule has 2 heterocycles. The standard InChI is InChI=1S/C20H29NO4/c1-14-5-3-7-19(15(14)2)25-12-9-20(23)21-10-4-6-17(21)16-13-24-11-8-18(16)22/h3,5,7,16-18,22H,4,6,8-13H2,1-2H3. The van der Waals surface area contributed by atoms with Crippen molar-refractivity contribution in [1.82, 2.24) is 4.90 Å². The summed E-state index contributed by atoms with van der Waals surface area (Å²) in [6, 6.07) is 6.07. The number of benzene rings is 1. The molecule has 0 aromatic heterocycles. The highest BCUT2D eigenvalue weighted by atomic mass is 16.5. The molecule has 138 valence electrons. The van der Waals surface area contributed by atoms with Gasteiger partial charge in [0.1, 0.15) is 5.75 Å². The molecule has 0 bridgehead atoms. The van der Waals surface area contributed by atoms with Crippen molar-refractivity contribution >= 4 is 5.91 Å². The van der Waals surface area contributed by atoms with Crippen LogP contribution in [0, 0.1) is 19.8 Å². The first-order valence-electron chi connectivity index (χ1n) is 9.32. The number of carbonyl (C=O) groups is 1. The Morgan fingerprint density at radius 1 is 1.36 bits per heavy atom. The molecule has 3 rings (SSSR count). The Morgan fingerprint density at radius 2 is 2.20 bits per heavy atom. The van der Waals surface area contributed by atoms with Gasteiger partial charge in [0.05, 0.1) is 25.7 Å². The third kappa shape index (κ3) is 4.15. The number of aliphatic hydroxyl groups is 1. The lowest BCUT2D eigenvalue weighted by Crippen LogP contribution is -2.48. The molecule has 0 saturated carbocycles. The molecule has 2 aliphatic heterocycles.